The van der Waals surface area contributed by atoms with E-state index in [4.69, 9.17) is 14.6 Å². The van der Waals surface area contributed by atoms with Crippen molar-refractivity contribution in [1.29, 1.82) is 0 Å². The Balaban J connectivity index is 1.43. The van der Waals surface area contributed by atoms with Crippen LogP contribution in [0.2, 0.25) is 0 Å². The van der Waals surface area contributed by atoms with Crippen molar-refractivity contribution in [1.82, 2.24) is 15.1 Å². The third-order valence-electron chi connectivity index (χ3n) is 8.44. The Bertz CT molecular complexity index is 860. The molecule has 4 aliphatic carbocycles. The molecule has 32 heavy (non-hydrogen) atoms. The highest BCUT2D eigenvalue weighted by atomic mass is 16.5. The van der Waals surface area contributed by atoms with E-state index in [1.165, 1.54) is 19.3 Å². The van der Waals surface area contributed by atoms with E-state index in [9.17, 15) is 9.59 Å². The molecule has 1 aromatic heterocycles. The van der Waals surface area contributed by atoms with Crippen LogP contribution in [0.3, 0.4) is 0 Å². The maximum Gasteiger partial charge on any atom is 0.311 e. The van der Waals surface area contributed by atoms with Gasteiger partial charge in [-0.25, -0.2) is 0 Å². The SMILES string of the molecule is CCOC(=O)[C@H]1C2CCC(C2)[C@H]1NC(=O)c1nn(C2CCCCC2)c2c1CCCC2OC. The first-order valence-corrected chi connectivity index (χ1v) is 12.7. The van der Waals surface area contributed by atoms with Gasteiger partial charge in [0.1, 0.15) is 0 Å². The van der Waals surface area contributed by atoms with E-state index >= 15 is 0 Å². The van der Waals surface area contributed by atoms with Crippen molar-refractivity contribution in [2.75, 3.05) is 13.7 Å². The van der Waals surface area contributed by atoms with Gasteiger partial charge in [-0.3, -0.25) is 14.3 Å². The average Bonchev–Trinajstić information content (AvgIpc) is 3.53. The smallest absolute Gasteiger partial charge is 0.311 e. The fraction of sp³-hybridized carbons (Fsp3) is 0.800. The lowest BCUT2D eigenvalue weighted by molar-refractivity contribution is -0.150. The van der Waals surface area contributed by atoms with Gasteiger partial charge in [-0.05, 0) is 70.1 Å². The summed E-state index contributed by atoms with van der Waals surface area (Å²) in [6.45, 7) is 2.22. The minimum absolute atomic E-state index is 0.00417. The standard InChI is InChI=1S/C25H37N3O4/c1-3-32-25(30)20-15-12-13-16(14-15)21(20)26-24(29)22-18-10-7-11-19(31-2)23(18)28(27-22)17-8-5-4-6-9-17/h15-17,19-21H,3-14H2,1-2H3,(H,26,29)/t15?,16?,19?,20-,21+/m0/s1. The van der Waals surface area contributed by atoms with Gasteiger partial charge in [-0.2, -0.15) is 5.10 Å². The first-order chi connectivity index (χ1) is 15.6. The normalized spacial score (nSPS) is 32.0. The number of aromatic nitrogens is 2. The molecule has 4 aliphatic rings. The quantitative estimate of drug-likeness (QED) is 0.669. The van der Waals surface area contributed by atoms with Crippen LogP contribution in [-0.2, 0) is 20.7 Å². The molecule has 3 fully saturated rings. The molecule has 1 aromatic rings. The Kier molecular flexibility index (Phi) is 6.28. The lowest BCUT2D eigenvalue weighted by Gasteiger charge is -2.30. The van der Waals surface area contributed by atoms with Crippen LogP contribution in [-0.4, -0.2) is 41.4 Å². The summed E-state index contributed by atoms with van der Waals surface area (Å²) in [5.74, 6) is 0.191. The monoisotopic (exact) mass is 443 g/mol. The molecule has 176 valence electrons. The molecular weight excluding hydrogens is 406 g/mol. The van der Waals surface area contributed by atoms with Crippen LogP contribution in [0.25, 0.3) is 0 Å². The van der Waals surface area contributed by atoms with E-state index in [2.05, 4.69) is 10.00 Å². The summed E-state index contributed by atoms with van der Waals surface area (Å²) >= 11 is 0. The van der Waals surface area contributed by atoms with Gasteiger partial charge in [0.2, 0.25) is 0 Å². The zero-order valence-corrected chi connectivity index (χ0v) is 19.5. The number of carbonyl (C=O) groups is 2. The Morgan fingerprint density at radius 3 is 2.59 bits per heavy atom. The molecule has 7 nitrogen and oxygen atoms in total. The summed E-state index contributed by atoms with van der Waals surface area (Å²) in [7, 11) is 1.76. The molecular formula is C25H37N3O4. The third-order valence-corrected chi connectivity index (χ3v) is 8.44. The number of rotatable bonds is 6. The Labute approximate surface area is 190 Å². The summed E-state index contributed by atoms with van der Waals surface area (Å²) in [5, 5.41) is 8.19. The molecule has 0 radical (unpaired) electrons. The van der Waals surface area contributed by atoms with Crippen LogP contribution >= 0.6 is 0 Å². The molecule has 1 amide bonds. The number of amides is 1. The lowest BCUT2D eigenvalue weighted by Crippen LogP contribution is -2.47. The number of methoxy groups -OCH3 is 1. The molecule has 7 heteroatoms. The zero-order valence-electron chi connectivity index (χ0n) is 19.5. The Morgan fingerprint density at radius 1 is 1.06 bits per heavy atom. The molecule has 2 bridgehead atoms. The summed E-state index contributed by atoms with van der Waals surface area (Å²) < 4.78 is 13.3. The van der Waals surface area contributed by atoms with Gasteiger partial charge in [0, 0.05) is 18.7 Å². The van der Waals surface area contributed by atoms with Gasteiger partial charge in [-0.15, -0.1) is 0 Å². The van der Waals surface area contributed by atoms with E-state index in [0.717, 1.165) is 62.6 Å². The van der Waals surface area contributed by atoms with Crippen molar-refractivity contribution in [3.63, 3.8) is 0 Å². The Hall–Kier alpha value is -1.89. The average molecular weight is 444 g/mol. The van der Waals surface area contributed by atoms with Crippen LogP contribution in [0, 0.1) is 17.8 Å². The number of fused-ring (bicyclic) bond motifs is 3. The van der Waals surface area contributed by atoms with Crippen molar-refractivity contribution >= 4 is 11.9 Å². The number of esters is 1. The number of hydrogen-bond donors (Lipinski definition) is 1. The summed E-state index contributed by atoms with van der Waals surface area (Å²) in [5.41, 5.74) is 2.73. The predicted octanol–water partition coefficient (Wildman–Crippen LogP) is 4.12. The second-order valence-electron chi connectivity index (χ2n) is 10.2. The minimum Gasteiger partial charge on any atom is -0.466 e. The third kappa shape index (κ3) is 3.76. The number of nitrogens with zero attached hydrogens (tertiary/aromatic N) is 2. The van der Waals surface area contributed by atoms with Crippen LogP contribution in [0.1, 0.15) is 105 Å². The van der Waals surface area contributed by atoms with E-state index in [0.29, 0.717) is 30.2 Å². The van der Waals surface area contributed by atoms with Gasteiger partial charge in [0.25, 0.3) is 5.91 Å². The second-order valence-corrected chi connectivity index (χ2v) is 10.2. The molecule has 0 saturated heterocycles. The molecule has 5 atom stereocenters. The van der Waals surface area contributed by atoms with E-state index in [1.54, 1.807) is 7.11 Å². The van der Waals surface area contributed by atoms with Gasteiger partial charge >= 0.3 is 5.97 Å². The minimum atomic E-state index is -0.222. The topological polar surface area (TPSA) is 82.5 Å². The van der Waals surface area contributed by atoms with Gasteiger partial charge in [0.05, 0.1) is 30.4 Å². The molecule has 3 unspecified atom stereocenters. The van der Waals surface area contributed by atoms with Crippen molar-refractivity contribution in [2.45, 2.75) is 95.7 Å². The van der Waals surface area contributed by atoms with E-state index in [-0.39, 0.29) is 29.9 Å². The van der Waals surface area contributed by atoms with E-state index < -0.39 is 0 Å². The fourth-order valence-corrected chi connectivity index (χ4v) is 6.98. The number of carbonyl (C=O) groups excluding carboxylic acids is 2. The van der Waals surface area contributed by atoms with Crippen LogP contribution in [0.4, 0.5) is 0 Å². The molecule has 0 spiro atoms. The molecule has 5 rings (SSSR count). The van der Waals surface area contributed by atoms with Crippen LogP contribution in [0.15, 0.2) is 0 Å². The highest BCUT2D eigenvalue weighted by molar-refractivity contribution is 5.95. The van der Waals surface area contributed by atoms with Crippen molar-refractivity contribution in [3.05, 3.63) is 17.0 Å². The van der Waals surface area contributed by atoms with Crippen LogP contribution < -0.4 is 5.32 Å². The molecule has 0 aliphatic heterocycles. The number of nitrogens with one attached hydrogen (secondary N) is 1. The van der Waals surface area contributed by atoms with Gasteiger partial charge < -0.3 is 14.8 Å². The maximum atomic E-state index is 13.6. The molecule has 1 heterocycles. The van der Waals surface area contributed by atoms with Gasteiger partial charge in [0.15, 0.2) is 5.69 Å². The lowest BCUT2D eigenvalue weighted by atomic mass is 9.84. The molecule has 1 N–H and O–H groups in total. The van der Waals surface area contributed by atoms with Crippen molar-refractivity contribution < 1.29 is 19.1 Å². The van der Waals surface area contributed by atoms with Gasteiger partial charge in [-0.1, -0.05) is 19.3 Å². The van der Waals surface area contributed by atoms with Crippen molar-refractivity contribution in [3.8, 4) is 0 Å². The highest BCUT2D eigenvalue weighted by Crippen LogP contribution is 2.49. The van der Waals surface area contributed by atoms with Crippen molar-refractivity contribution in [2.24, 2.45) is 17.8 Å². The van der Waals surface area contributed by atoms with Crippen LogP contribution in [0.5, 0.6) is 0 Å². The molecule has 3 saturated carbocycles. The summed E-state index contributed by atoms with van der Waals surface area (Å²) in [4.78, 5) is 26.3. The maximum absolute atomic E-state index is 13.6. The number of ether oxygens (including phenoxy) is 2. The number of hydrogen-bond acceptors (Lipinski definition) is 5. The largest absolute Gasteiger partial charge is 0.466 e. The summed E-state index contributed by atoms with van der Waals surface area (Å²) in [6.07, 6.45) is 11.9. The predicted molar refractivity (Wildman–Crippen MR) is 119 cm³/mol. The first-order valence-electron chi connectivity index (χ1n) is 12.7. The highest BCUT2D eigenvalue weighted by Gasteiger charge is 2.52. The molecule has 0 aromatic carbocycles. The first kappa shape index (κ1) is 21.9. The van der Waals surface area contributed by atoms with E-state index in [1.807, 2.05) is 6.92 Å². The second kappa shape index (κ2) is 9.16. The zero-order chi connectivity index (χ0) is 22.2. The Morgan fingerprint density at radius 2 is 1.84 bits per heavy atom. The fourth-order valence-electron chi connectivity index (χ4n) is 6.98. The summed E-state index contributed by atoms with van der Waals surface area (Å²) in [6, 6.07) is 0.210.